The summed E-state index contributed by atoms with van der Waals surface area (Å²) < 4.78 is 12.6. The highest BCUT2D eigenvalue weighted by Gasteiger charge is 2.24. The van der Waals surface area contributed by atoms with E-state index in [1.54, 1.807) is 4.90 Å². The van der Waals surface area contributed by atoms with Gasteiger partial charge in [0.05, 0.1) is 17.6 Å². The van der Waals surface area contributed by atoms with Crippen molar-refractivity contribution in [1.82, 2.24) is 0 Å². The van der Waals surface area contributed by atoms with E-state index in [0.29, 0.717) is 12.2 Å². The van der Waals surface area contributed by atoms with Gasteiger partial charge in [0.2, 0.25) is 0 Å². The number of ether oxygens (including phenoxy) is 2. The van der Waals surface area contributed by atoms with Crippen molar-refractivity contribution >= 4 is 15.9 Å². The maximum absolute atomic E-state index is 5.79. The van der Waals surface area contributed by atoms with Crippen LogP contribution in [-0.4, -0.2) is 38.4 Å². The fraction of sp³-hybridized carbons (Fsp3) is 0.625. The summed E-state index contributed by atoms with van der Waals surface area (Å²) in [7, 11) is 0. The topological polar surface area (TPSA) is 22.9 Å². The van der Waals surface area contributed by atoms with E-state index in [1.807, 2.05) is 24.3 Å². The molecule has 1 aromatic rings. The predicted octanol–water partition coefficient (Wildman–Crippen LogP) is 2.30. The molecule has 1 aromatic carbocycles. The molecule has 1 heterocycles. The van der Waals surface area contributed by atoms with Crippen LogP contribution in [0.15, 0.2) is 28.7 Å². The Labute approximate surface area is 130 Å². The Hall–Kier alpha value is -0.580. The molecule has 1 aliphatic rings. The average molecular weight is 343 g/mol. The van der Waals surface area contributed by atoms with Gasteiger partial charge in [0.1, 0.15) is 31.0 Å². The van der Waals surface area contributed by atoms with Crippen molar-refractivity contribution in [2.75, 3.05) is 26.2 Å². The van der Waals surface area contributed by atoms with Crippen molar-refractivity contribution in [3.05, 3.63) is 28.7 Å². The van der Waals surface area contributed by atoms with Crippen molar-refractivity contribution < 1.29 is 14.4 Å². The van der Waals surface area contributed by atoms with Gasteiger partial charge in [-0.3, -0.25) is 0 Å². The van der Waals surface area contributed by atoms with Crippen LogP contribution in [0.25, 0.3) is 0 Å². The average Bonchev–Trinajstić information content (AvgIpc) is 2.39. The molecule has 0 spiro atoms. The fourth-order valence-electron chi connectivity index (χ4n) is 2.81. The molecule has 20 heavy (non-hydrogen) atoms. The Morgan fingerprint density at radius 1 is 1.20 bits per heavy atom. The van der Waals surface area contributed by atoms with E-state index in [9.17, 15) is 0 Å². The van der Waals surface area contributed by atoms with E-state index in [0.717, 1.165) is 36.3 Å². The van der Waals surface area contributed by atoms with Crippen LogP contribution in [0.4, 0.5) is 0 Å². The Kier molecular flexibility index (Phi) is 6.33. The lowest BCUT2D eigenvalue weighted by atomic mass is 10.2. The van der Waals surface area contributed by atoms with Gasteiger partial charge in [0.25, 0.3) is 0 Å². The van der Waals surface area contributed by atoms with Crippen LogP contribution in [0.2, 0.25) is 0 Å². The molecule has 0 aromatic heterocycles. The number of benzene rings is 1. The second kappa shape index (κ2) is 8.01. The number of hydrogen-bond acceptors (Lipinski definition) is 2. The van der Waals surface area contributed by atoms with Gasteiger partial charge >= 0.3 is 0 Å². The second-order valence-electron chi connectivity index (χ2n) is 5.65. The molecule has 0 amide bonds. The van der Waals surface area contributed by atoms with E-state index in [2.05, 4.69) is 29.8 Å². The van der Waals surface area contributed by atoms with Crippen molar-refractivity contribution in [3.8, 4) is 5.75 Å². The van der Waals surface area contributed by atoms with Gasteiger partial charge in [0, 0.05) is 0 Å². The largest absolute Gasteiger partial charge is 0.492 e. The van der Waals surface area contributed by atoms with Crippen LogP contribution in [-0.2, 0) is 4.74 Å². The van der Waals surface area contributed by atoms with Crippen LogP contribution in [0.1, 0.15) is 26.7 Å². The number of nitrogens with one attached hydrogen (secondary N) is 1. The first-order valence-electron chi connectivity index (χ1n) is 7.51. The molecule has 4 heteroatoms. The van der Waals surface area contributed by atoms with E-state index >= 15 is 0 Å². The number of morpholine rings is 1. The van der Waals surface area contributed by atoms with Crippen LogP contribution in [0.5, 0.6) is 5.75 Å². The molecule has 112 valence electrons. The minimum absolute atomic E-state index is 0.394. The Morgan fingerprint density at radius 2 is 1.90 bits per heavy atom. The molecule has 2 rings (SSSR count). The van der Waals surface area contributed by atoms with Gasteiger partial charge in [-0.05, 0) is 54.8 Å². The summed E-state index contributed by atoms with van der Waals surface area (Å²) >= 11 is 3.50. The third-order valence-electron chi connectivity index (χ3n) is 3.64. The zero-order chi connectivity index (χ0) is 14.4. The van der Waals surface area contributed by atoms with Crippen LogP contribution in [0, 0.1) is 0 Å². The smallest absolute Gasteiger partial charge is 0.133 e. The number of hydrogen-bond donors (Lipinski definition) is 1. The van der Waals surface area contributed by atoms with Crippen molar-refractivity contribution in [3.63, 3.8) is 0 Å². The van der Waals surface area contributed by atoms with Gasteiger partial charge < -0.3 is 14.4 Å². The molecule has 0 aliphatic carbocycles. The molecule has 0 radical (unpaired) electrons. The SMILES string of the molecule is C[C@H]1C[NH+](CCCCOc2ccccc2Br)C[C@H](C)O1. The van der Waals surface area contributed by atoms with Crippen molar-refractivity contribution in [2.24, 2.45) is 0 Å². The Bertz CT molecular complexity index is 403. The monoisotopic (exact) mass is 342 g/mol. The highest BCUT2D eigenvalue weighted by Crippen LogP contribution is 2.23. The van der Waals surface area contributed by atoms with E-state index in [4.69, 9.17) is 9.47 Å². The van der Waals surface area contributed by atoms with Crippen LogP contribution >= 0.6 is 15.9 Å². The molecule has 0 bridgehead atoms. The van der Waals surface area contributed by atoms with Gasteiger partial charge in [-0.2, -0.15) is 0 Å². The van der Waals surface area contributed by atoms with Gasteiger partial charge in [-0.15, -0.1) is 0 Å². The number of halogens is 1. The molecule has 1 N–H and O–H groups in total. The zero-order valence-electron chi connectivity index (χ0n) is 12.4. The highest BCUT2D eigenvalue weighted by molar-refractivity contribution is 9.10. The van der Waals surface area contributed by atoms with Gasteiger partial charge in [-0.25, -0.2) is 0 Å². The summed E-state index contributed by atoms with van der Waals surface area (Å²) in [6.07, 6.45) is 3.10. The highest BCUT2D eigenvalue weighted by atomic mass is 79.9. The summed E-state index contributed by atoms with van der Waals surface area (Å²) in [6.45, 7) is 8.62. The molecule has 1 aliphatic heterocycles. The standard InChI is InChI=1S/C16H24BrNO2/c1-13-11-18(12-14(2)20-13)9-5-6-10-19-16-8-4-3-7-15(16)17/h3-4,7-8,13-14H,5-6,9-12H2,1-2H3/p+1/t13-,14-/m0/s1. The first-order chi connectivity index (χ1) is 9.65. The lowest BCUT2D eigenvalue weighted by Crippen LogP contribution is -3.15. The lowest BCUT2D eigenvalue weighted by Gasteiger charge is -2.32. The number of quaternary nitrogens is 1. The van der Waals surface area contributed by atoms with E-state index in [1.165, 1.54) is 13.0 Å². The summed E-state index contributed by atoms with van der Waals surface area (Å²) in [5.74, 6) is 0.938. The maximum atomic E-state index is 5.79. The first-order valence-corrected chi connectivity index (χ1v) is 8.31. The zero-order valence-corrected chi connectivity index (χ0v) is 14.0. The quantitative estimate of drug-likeness (QED) is 0.801. The normalized spacial score (nSPS) is 26.4. The maximum Gasteiger partial charge on any atom is 0.133 e. The molecule has 0 unspecified atom stereocenters. The Morgan fingerprint density at radius 3 is 2.60 bits per heavy atom. The third-order valence-corrected chi connectivity index (χ3v) is 4.29. The molecule has 3 nitrogen and oxygen atoms in total. The summed E-state index contributed by atoms with van der Waals surface area (Å²) in [5.41, 5.74) is 0. The number of para-hydroxylation sites is 1. The van der Waals surface area contributed by atoms with Gasteiger partial charge in [-0.1, -0.05) is 12.1 Å². The van der Waals surface area contributed by atoms with Crippen LogP contribution in [0.3, 0.4) is 0 Å². The molecule has 2 atom stereocenters. The second-order valence-corrected chi connectivity index (χ2v) is 6.51. The third kappa shape index (κ3) is 5.08. The number of rotatable bonds is 6. The summed E-state index contributed by atoms with van der Waals surface area (Å²) in [4.78, 5) is 1.66. The van der Waals surface area contributed by atoms with Crippen molar-refractivity contribution in [1.29, 1.82) is 0 Å². The van der Waals surface area contributed by atoms with E-state index < -0.39 is 0 Å². The summed E-state index contributed by atoms with van der Waals surface area (Å²) in [6, 6.07) is 8.01. The molecule has 1 saturated heterocycles. The van der Waals surface area contributed by atoms with Gasteiger partial charge in [0.15, 0.2) is 0 Å². The predicted molar refractivity (Wildman–Crippen MR) is 84.4 cm³/mol. The molecule has 1 fully saturated rings. The lowest BCUT2D eigenvalue weighted by molar-refractivity contribution is -0.915. The summed E-state index contributed by atoms with van der Waals surface area (Å²) in [5, 5.41) is 0. The van der Waals surface area contributed by atoms with E-state index in [-0.39, 0.29) is 0 Å². The fourth-order valence-corrected chi connectivity index (χ4v) is 3.21. The minimum atomic E-state index is 0.394. The molecule has 0 saturated carbocycles. The van der Waals surface area contributed by atoms with Crippen LogP contribution < -0.4 is 9.64 Å². The molecular weight excluding hydrogens is 318 g/mol. The Balaban J connectivity index is 1.61. The molecular formula is C16H25BrNO2+. The van der Waals surface area contributed by atoms with Crippen molar-refractivity contribution in [2.45, 2.75) is 38.9 Å². The minimum Gasteiger partial charge on any atom is -0.492 e. The first kappa shape index (κ1) is 15.8. The number of unbranched alkanes of at least 4 members (excludes halogenated alkanes) is 1.